The van der Waals surface area contributed by atoms with Gasteiger partial charge in [-0.15, -0.1) is 0 Å². The second kappa shape index (κ2) is 6.18. The molecule has 21 heavy (non-hydrogen) atoms. The fraction of sp³-hybridized carbons (Fsp3) is 0.278. The Bertz CT molecular complexity index is 641. The van der Waals surface area contributed by atoms with Crippen LogP contribution in [-0.4, -0.2) is 13.0 Å². The number of halogens is 1. The largest absolute Gasteiger partial charge is 0.310 e. The highest BCUT2D eigenvalue weighted by Crippen LogP contribution is 2.25. The maximum Gasteiger partial charge on any atom is 0.258 e. The van der Waals surface area contributed by atoms with Gasteiger partial charge in [-0.2, -0.15) is 0 Å². The third kappa shape index (κ3) is 3.64. The molecule has 1 amide bonds. The zero-order valence-corrected chi connectivity index (χ0v) is 15.0. The molecular formula is C18H20INO. The number of carbonyl (C=O) groups is 1. The minimum atomic E-state index is 0.0135. The van der Waals surface area contributed by atoms with E-state index in [4.69, 9.17) is 0 Å². The molecule has 0 heterocycles. The predicted molar refractivity (Wildman–Crippen MR) is 97.0 cm³/mol. The van der Waals surface area contributed by atoms with Crippen LogP contribution in [0.15, 0.2) is 48.5 Å². The van der Waals surface area contributed by atoms with Crippen LogP contribution in [0.2, 0.25) is 0 Å². The molecule has 3 heteroatoms. The van der Waals surface area contributed by atoms with Gasteiger partial charge in [-0.1, -0.05) is 45.0 Å². The molecule has 0 N–H and O–H groups in total. The predicted octanol–water partition coefficient (Wildman–Crippen LogP) is 4.87. The standard InChI is InChI=1S/C18H20INO/c1-18(2,3)14-11-9-13(10-12-14)17(21)20(4)16-8-6-5-7-15(16)19/h5-12H,1-4H3. The van der Waals surface area contributed by atoms with Crippen LogP contribution in [0, 0.1) is 3.57 Å². The number of amides is 1. The van der Waals surface area contributed by atoms with Crippen LogP contribution in [0.25, 0.3) is 0 Å². The van der Waals surface area contributed by atoms with E-state index in [2.05, 4.69) is 43.4 Å². The van der Waals surface area contributed by atoms with E-state index in [0.29, 0.717) is 5.56 Å². The fourth-order valence-electron chi connectivity index (χ4n) is 2.14. The van der Waals surface area contributed by atoms with Gasteiger partial charge in [-0.3, -0.25) is 4.79 Å². The maximum absolute atomic E-state index is 12.6. The first-order chi connectivity index (χ1) is 9.80. The van der Waals surface area contributed by atoms with Crippen molar-refractivity contribution in [2.45, 2.75) is 26.2 Å². The minimum Gasteiger partial charge on any atom is -0.310 e. The first-order valence-electron chi connectivity index (χ1n) is 6.94. The number of carbonyl (C=O) groups excluding carboxylic acids is 1. The summed E-state index contributed by atoms with van der Waals surface area (Å²) in [5.41, 5.74) is 2.98. The number of rotatable bonds is 2. The third-order valence-corrected chi connectivity index (χ3v) is 4.43. The Kier molecular flexibility index (Phi) is 4.71. The molecule has 2 nitrogen and oxygen atoms in total. The molecule has 0 radical (unpaired) electrons. The smallest absolute Gasteiger partial charge is 0.258 e. The second-order valence-corrected chi connectivity index (χ2v) is 7.31. The Balaban J connectivity index is 2.26. The molecule has 110 valence electrons. The Morgan fingerprint density at radius 1 is 1.00 bits per heavy atom. The lowest BCUT2D eigenvalue weighted by atomic mass is 9.86. The van der Waals surface area contributed by atoms with Crippen LogP contribution >= 0.6 is 22.6 Å². The first-order valence-corrected chi connectivity index (χ1v) is 8.02. The van der Waals surface area contributed by atoms with Crippen LogP contribution in [0.1, 0.15) is 36.7 Å². The summed E-state index contributed by atoms with van der Waals surface area (Å²) < 4.78 is 1.07. The Morgan fingerprint density at radius 3 is 2.10 bits per heavy atom. The molecule has 2 aromatic rings. The summed E-state index contributed by atoms with van der Waals surface area (Å²) in [6, 6.07) is 15.8. The molecular weight excluding hydrogens is 373 g/mol. The number of para-hydroxylation sites is 1. The second-order valence-electron chi connectivity index (χ2n) is 6.14. The van der Waals surface area contributed by atoms with E-state index >= 15 is 0 Å². The van der Waals surface area contributed by atoms with Crippen molar-refractivity contribution in [3.05, 3.63) is 63.2 Å². The van der Waals surface area contributed by atoms with Gasteiger partial charge in [0.15, 0.2) is 0 Å². The molecule has 2 rings (SSSR count). The zero-order valence-electron chi connectivity index (χ0n) is 12.9. The number of hydrogen-bond donors (Lipinski definition) is 0. The lowest BCUT2D eigenvalue weighted by Gasteiger charge is -2.21. The van der Waals surface area contributed by atoms with Gasteiger partial charge in [-0.25, -0.2) is 0 Å². The van der Waals surface area contributed by atoms with Gasteiger partial charge in [0, 0.05) is 16.2 Å². The summed E-state index contributed by atoms with van der Waals surface area (Å²) in [5.74, 6) is 0.0135. The Labute approximate surface area is 140 Å². The third-order valence-electron chi connectivity index (χ3n) is 3.52. The van der Waals surface area contributed by atoms with Crippen molar-refractivity contribution < 1.29 is 4.79 Å². The van der Waals surface area contributed by atoms with E-state index in [1.54, 1.807) is 4.90 Å². The van der Waals surface area contributed by atoms with Gasteiger partial charge in [-0.05, 0) is 57.8 Å². The van der Waals surface area contributed by atoms with Crippen LogP contribution in [0.5, 0.6) is 0 Å². The van der Waals surface area contributed by atoms with Crippen LogP contribution in [-0.2, 0) is 5.41 Å². The minimum absolute atomic E-state index is 0.0135. The van der Waals surface area contributed by atoms with Crippen molar-refractivity contribution in [3.8, 4) is 0 Å². The fourth-order valence-corrected chi connectivity index (χ4v) is 2.89. The summed E-state index contributed by atoms with van der Waals surface area (Å²) in [5, 5.41) is 0. The van der Waals surface area contributed by atoms with Gasteiger partial charge in [0.05, 0.1) is 5.69 Å². The van der Waals surface area contributed by atoms with Crippen molar-refractivity contribution in [1.29, 1.82) is 0 Å². The van der Waals surface area contributed by atoms with Gasteiger partial charge in [0.1, 0.15) is 0 Å². The molecule has 0 aliphatic heterocycles. The quantitative estimate of drug-likeness (QED) is 0.667. The van der Waals surface area contributed by atoms with E-state index in [9.17, 15) is 4.79 Å². The number of hydrogen-bond acceptors (Lipinski definition) is 1. The highest BCUT2D eigenvalue weighted by molar-refractivity contribution is 14.1. The summed E-state index contributed by atoms with van der Waals surface area (Å²) in [7, 11) is 1.82. The Morgan fingerprint density at radius 2 is 1.57 bits per heavy atom. The molecule has 0 atom stereocenters. The van der Waals surface area contributed by atoms with Crippen molar-refractivity contribution in [3.63, 3.8) is 0 Å². The molecule has 0 saturated carbocycles. The van der Waals surface area contributed by atoms with Crippen LogP contribution in [0.4, 0.5) is 5.69 Å². The summed E-state index contributed by atoms with van der Waals surface area (Å²) in [6.07, 6.45) is 0. The highest BCUT2D eigenvalue weighted by Gasteiger charge is 2.17. The molecule has 0 aliphatic carbocycles. The first kappa shape index (κ1) is 16.0. The van der Waals surface area contributed by atoms with Crippen molar-refractivity contribution in [1.82, 2.24) is 0 Å². The molecule has 0 aromatic heterocycles. The van der Waals surface area contributed by atoms with Crippen molar-refractivity contribution >= 4 is 34.2 Å². The number of anilines is 1. The normalized spacial score (nSPS) is 11.3. The van der Waals surface area contributed by atoms with Gasteiger partial charge >= 0.3 is 0 Å². The van der Waals surface area contributed by atoms with Gasteiger partial charge in [0.2, 0.25) is 0 Å². The summed E-state index contributed by atoms with van der Waals surface area (Å²) >= 11 is 2.25. The lowest BCUT2D eigenvalue weighted by molar-refractivity contribution is 0.0993. The average molecular weight is 393 g/mol. The topological polar surface area (TPSA) is 20.3 Å². The van der Waals surface area contributed by atoms with E-state index in [1.807, 2.05) is 55.6 Å². The van der Waals surface area contributed by atoms with Gasteiger partial charge in [0.25, 0.3) is 5.91 Å². The van der Waals surface area contributed by atoms with E-state index < -0.39 is 0 Å². The monoisotopic (exact) mass is 393 g/mol. The van der Waals surface area contributed by atoms with Crippen molar-refractivity contribution in [2.24, 2.45) is 0 Å². The summed E-state index contributed by atoms with van der Waals surface area (Å²) in [4.78, 5) is 14.3. The highest BCUT2D eigenvalue weighted by atomic mass is 127. The van der Waals surface area contributed by atoms with E-state index in [0.717, 1.165) is 9.26 Å². The molecule has 0 fully saturated rings. The molecule has 0 saturated heterocycles. The average Bonchev–Trinajstić information content (AvgIpc) is 2.45. The summed E-state index contributed by atoms with van der Waals surface area (Å²) in [6.45, 7) is 6.51. The molecule has 2 aromatic carbocycles. The van der Waals surface area contributed by atoms with Gasteiger partial charge < -0.3 is 4.90 Å². The molecule has 0 bridgehead atoms. The lowest BCUT2D eigenvalue weighted by Crippen LogP contribution is -2.27. The molecule has 0 unspecified atom stereocenters. The van der Waals surface area contributed by atoms with Crippen LogP contribution < -0.4 is 4.90 Å². The van der Waals surface area contributed by atoms with E-state index in [-0.39, 0.29) is 11.3 Å². The maximum atomic E-state index is 12.6. The van der Waals surface area contributed by atoms with Crippen molar-refractivity contribution in [2.75, 3.05) is 11.9 Å². The van der Waals surface area contributed by atoms with E-state index in [1.165, 1.54) is 5.56 Å². The number of benzene rings is 2. The van der Waals surface area contributed by atoms with Crippen LogP contribution in [0.3, 0.4) is 0 Å². The molecule has 0 aliphatic rings. The molecule has 0 spiro atoms. The zero-order chi connectivity index (χ0) is 15.6. The SMILES string of the molecule is CN(C(=O)c1ccc(C(C)(C)C)cc1)c1ccccc1I. The number of nitrogens with zero attached hydrogens (tertiary/aromatic N) is 1. The Hall–Kier alpha value is -1.36.